The Morgan fingerprint density at radius 3 is 2.17 bits per heavy atom. The largest absolute Gasteiger partial charge is 0.545 e. The number of aryl methyl sites for hydroxylation is 1. The van der Waals surface area contributed by atoms with Crippen molar-refractivity contribution in [2.24, 2.45) is 0 Å². The number of carboxylic acid groups (broad SMARTS) is 1. The van der Waals surface area contributed by atoms with E-state index in [-0.39, 0.29) is 10.5 Å². The quantitative estimate of drug-likeness (QED) is 0.839. The highest BCUT2D eigenvalue weighted by Gasteiger charge is 2.13. The molecule has 0 bridgehead atoms. The van der Waals surface area contributed by atoms with Gasteiger partial charge in [0.25, 0.3) is 0 Å². The highest BCUT2D eigenvalue weighted by atomic mass is 32.2. The molecule has 0 saturated carbocycles. The first-order valence-electron chi connectivity index (χ1n) is 5.39. The van der Waals surface area contributed by atoms with Gasteiger partial charge in [0.15, 0.2) is 0 Å². The van der Waals surface area contributed by atoms with E-state index >= 15 is 0 Å². The number of hydrogen-bond donors (Lipinski definition) is 0. The Hall–Kier alpha value is -1.94. The molecule has 4 heteroatoms. The predicted molar refractivity (Wildman–Crippen MR) is 66.6 cm³/mol. The Labute approximate surface area is 108 Å². The summed E-state index contributed by atoms with van der Waals surface area (Å²) < 4.78 is 12.4. The Balaban J connectivity index is 2.54. The molecule has 0 unspecified atom stereocenters. The summed E-state index contributed by atoms with van der Waals surface area (Å²) in [6.45, 7) is 1.84. The summed E-state index contributed by atoms with van der Waals surface area (Å²) in [7, 11) is -1.51. The van der Waals surface area contributed by atoms with Crippen molar-refractivity contribution < 1.29 is 14.1 Å². The van der Waals surface area contributed by atoms with Gasteiger partial charge in [-0.2, -0.15) is 0 Å². The minimum absolute atomic E-state index is 0.0286. The standard InChI is InChI=1S/C14H12O3S/c1-10-6-2-4-8-12(10)18(17)13-9-5-3-7-11(13)14(15)16/h2-9H,1H3,(H,15,16)/p-1/t18-/m0/s1. The summed E-state index contributed by atoms with van der Waals surface area (Å²) in [5.74, 6) is -1.31. The maximum absolute atomic E-state index is 12.4. The summed E-state index contributed by atoms with van der Waals surface area (Å²) >= 11 is 0. The molecule has 3 nitrogen and oxygen atoms in total. The molecular formula is C14H11O3S-. The molecule has 0 aliphatic rings. The molecule has 0 N–H and O–H groups in total. The second-order valence-corrected chi connectivity index (χ2v) is 5.23. The van der Waals surface area contributed by atoms with Crippen molar-refractivity contribution in [3.05, 3.63) is 59.7 Å². The fourth-order valence-electron chi connectivity index (χ4n) is 1.68. The molecule has 0 radical (unpaired) electrons. The first-order chi connectivity index (χ1) is 8.61. The van der Waals surface area contributed by atoms with Gasteiger partial charge >= 0.3 is 0 Å². The van der Waals surface area contributed by atoms with Crippen molar-refractivity contribution in [2.45, 2.75) is 16.7 Å². The SMILES string of the molecule is Cc1ccccc1[S@](=O)c1ccccc1C(=O)[O-]. The third-order valence-corrected chi connectivity index (χ3v) is 4.21. The molecule has 1 atom stereocenters. The first kappa shape index (κ1) is 12.5. The highest BCUT2D eigenvalue weighted by molar-refractivity contribution is 7.85. The molecule has 0 saturated heterocycles. The van der Waals surface area contributed by atoms with Crippen molar-refractivity contribution in [2.75, 3.05) is 0 Å². The van der Waals surface area contributed by atoms with Crippen LogP contribution in [0.3, 0.4) is 0 Å². The van der Waals surface area contributed by atoms with Crippen LogP contribution in [0.5, 0.6) is 0 Å². The van der Waals surface area contributed by atoms with E-state index in [1.165, 1.54) is 6.07 Å². The average Bonchev–Trinajstić information content (AvgIpc) is 2.38. The number of carboxylic acids is 1. The third-order valence-electron chi connectivity index (χ3n) is 2.60. The van der Waals surface area contributed by atoms with Crippen molar-refractivity contribution >= 4 is 16.8 Å². The van der Waals surface area contributed by atoms with Gasteiger partial charge in [-0.05, 0) is 24.6 Å². The highest BCUT2D eigenvalue weighted by Crippen LogP contribution is 2.22. The van der Waals surface area contributed by atoms with Gasteiger partial charge in [0.1, 0.15) is 0 Å². The van der Waals surface area contributed by atoms with E-state index in [2.05, 4.69) is 0 Å². The van der Waals surface area contributed by atoms with Crippen LogP contribution in [0.1, 0.15) is 15.9 Å². The van der Waals surface area contributed by atoms with E-state index < -0.39 is 16.8 Å². The van der Waals surface area contributed by atoms with Crippen LogP contribution in [0.25, 0.3) is 0 Å². The Kier molecular flexibility index (Phi) is 3.58. The zero-order chi connectivity index (χ0) is 13.1. The minimum atomic E-state index is -1.51. The summed E-state index contributed by atoms with van der Waals surface area (Å²) in [5.41, 5.74) is 0.836. The summed E-state index contributed by atoms with van der Waals surface area (Å²) in [6, 6.07) is 13.4. The fraction of sp³-hybridized carbons (Fsp3) is 0.0714. The monoisotopic (exact) mass is 259 g/mol. The Bertz CT molecular complexity index is 620. The molecule has 0 heterocycles. The molecule has 0 amide bonds. The summed E-state index contributed by atoms with van der Waals surface area (Å²) in [6.07, 6.45) is 0. The van der Waals surface area contributed by atoms with Crippen LogP contribution in [0.4, 0.5) is 0 Å². The maximum Gasteiger partial charge on any atom is 0.0859 e. The van der Waals surface area contributed by atoms with E-state index in [4.69, 9.17) is 0 Å². The van der Waals surface area contributed by atoms with Crippen LogP contribution in [0.2, 0.25) is 0 Å². The van der Waals surface area contributed by atoms with E-state index in [1.807, 2.05) is 19.1 Å². The molecule has 2 aromatic carbocycles. The van der Waals surface area contributed by atoms with E-state index in [0.717, 1.165) is 5.56 Å². The average molecular weight is 259 g/mol. The number of benzene rings is 2. The maximum atomic E-state index is 12.4. The topological polar surface area (TPSA) is 57.2 Å². The lowest BCUT2D eigenvalue weighted by atomic mass is 10.2. The van der Waals surface area contributed by atoms with Crippen LogP contribution >= 0.6 is 0 Å². The molecule has 18 heavy (non-hydrogen) atoms. The predicted octanol–water partition coefficient (Wildman–Crippen LogP) is 1.53. The second kappa shape index (κ2) is 5.14. The number of hydrogen-bond acceptors (Lipinski definition) is 3. The Morgan fingerprint density at radius 2 is 1.56 bits per heavy atom. The van der Waals surface area contributed by atoms with Gasteiger partial charge in [-0.3, -0.25) is 0 Å². The van der Waals surface area contributed by atoms with Gasteiger partial charge in [-0.25, -0.2) is 4.21 Å². The van der Waals surface area contributed by atoms with Gasteiger partial charge in [0, 0.05) is 10.5 Å². The van der Waals surface area contributed by atoms with Crippen LogP contribution in [-0.2, 0) is 10.8 Å². The van der Waals surface area contributed by atoms with E-state index in [9.17, 15) is 14.1 Å². The molecule has 0 spiro atoms. The summed E-state index contributed by atoms with van der Waals surface area (Å²) in [5, 5.41) is 11.0. The third kappa shape index (κ3) is 2.33. The second-order valence-electron chi connectivity index (χ2n) is 3.82. The molecule has 0 fully saturated rings. The first-order valence-corrected chi connectivity index (χ1v) is 6.54. The Morgan fingerprint density at radius 1 is 1.00 bits per heavy atom. The molecule has 0 aliphatic carbocycles. The number of aromatic carboxylic acids is 1. The van der Waals surface area contributed by atoms with Crippen LogP contribution in [0, 0.1) is 6.92 Å². The molecule has 92 valence electrons. The smallest absolute Gasteiger partial charge is 0.0859 e. The van der Waals surface area contributed by atoms with Gasteiger partial charge < -0.3 is 9.90 Å². The number of carbonyl (C=O) groups is 1. The van der Waals surface area contributed by atoms with E-state index in [1.54, 1.807) is 30.3 Å². The zero-order valence-corrected chi connectivity index (χ0v) is 10.6. The minimum Gasteiger partial charge on any atom is -0.545 e. The van der Waals surface area contributed by atoms with Crippen LogP contribution in [0.15, 0.2) is 58.3 Å². The van der Waals surface area contributed by atoms with Crippen molar-refractivity contribution in [3.8, 4) is 0 Å². The number of rotatable bonds is 3. The summed E-state index contributed by atoms with van der Waals surface area (Å²) in [4.78, 5) is 11.9. The van der Waals surface area contributed by atoms with Gasteiger partial charge in [-0.15, -0.1) is 0 Å². The molecule has 0 aliphatic heterocycles. The van der Waals surface area contributed by atoms with E-state index in [0.29, 0.717) is 4.90 Å². The van der Waals surface area contributed by atoms with Crippen molar-refractivity contribution in [1.82, 2.24) is 0 Å². The van der Waals surface area contributed by atoms with Gasteiger partial charge in [0.2, 0.25) is 0 Å². The lowest BCUT2D eigenvalue weighted by Crippen LogP contribution is -2.24. The van der Waals surface area contributed by atoms with Crippen LogP contribution in [-0.4, -0.2) is 10.2 Å². The van der Waals surface area contributed by atoms with Crippen molar-refractivity contribution in [1.29, 1.82) is 0 Å². The number of carbonyl (C=O) groups excluding carboxylic acids is 1. The molecule has 2 aromatic rings. The van der Waals surface area contributed by atoms with Gasteiger partial charge in [0.05, 0.1) is 21.7 Å². The van der Waals surface area contributed by atoms with Crippen LogP contribution < -0.4 is 5.11 Å². The molecular weight excluding hydrogens is 248 g/mol. The molecule has 2 rings (SSSR count). The fourth-order valence-corrected chi connectivity index (χ4v) is 3.03. The normalized spacial score (nSPS) is 12.1. The molecule has 0 aromatic heterocycles. The van der Waals surface area contributed by atoms with Gasteiger partial charge in [-0.1, -0.05) is 36.4 Å². The lowest BCUT2D eigenvalue weighted by molar-refractivity contribution is -0.255. The zero-order valence-electron chi connectivity index (χ0n) is 9.75. The van der Waals surface area contributed by atoms with Crippen molar-refractivity contribution in [3.63, 3.8) is 0 Å². The lowest BCUT2D eigenvalue weighted by Gasteiger charge is -2.11.